The Hall–Kier alpha value is -1.36. The summed E-state index contributed by atoms with van der Waals surface area (Å²) in [5, 5.41) is 9.54. The van der Waals surface area contributed by atoms with E-state index >= 15 is 0 Å². The molecule has 0 spiro atoms. The lowest BCUT2D eigenvalue weighted by molar-refractivity contribution is -0.153. The molecule has 5 nitrogen and oxygen atoms in total. The maximum absolute atomic E-state index is 11.6. The third-order valence-corrected chi connectivity index (χ3v) is 4.86. The second-order valence-electron chi connectivity index (χ2n) is 6.28. The summed E-state index contributed by atoms with van der Waals surface area (Å²) in [6, 6.07) is 0.632. The van der Waals surface area contributed by atoms with Crippen molar-refractivity contribution in [1.82, 2.24) is 14.5 Å². The Morgan fingerprint density at radius 3 is 3.00 bits per heavy atom. The van der Waals surface area contributed by atoms with Crippen LogP contribution in [0.15, 0.2) is 12.5 Å². The van der Waals surface area contributed by atoms with Crippen LogP contribution in [0.2, 0.25) is 0 Å². The Balaban J connectivity index is 1.71. The van der Waals surface area contributed by atoms with Crippen LogP contribution in [0.25, 0.3) is 0 Å². The van der Waals surface area contributed by atoms with Crippen LogP contribution in [-0.4, -0.2) is 38.6 Å². The van der Waals surface area contributed by atoms with E-state index in [9.17, 15) is 9.90 Å². The van der Waals surface area contributed by atoms with Gasteiger partial charge in [0.25, 0.3) is 0 Å². The van der Waals surface area contributed by atoms with Crippen LogP contribution < -0.4 is 0 Å². The lowest BCUT2D eigenvalue weighted by atomic mass is 9.77. The van der Waals surface area contributed by atoms with Crippen molar-refractivity contribution in [3.63, 3.8) is 0 Å². The number of hydrogen-bond donors (Lipinski definition) is 1. The molecule has 110 valence electrons. The fraction of sp³-hybridized carbons (Fsp3) is 0.733. The molecule has 1 saturated carbocycles. The molecule has 3 rings (SSSR count). The summed E-state index contributed by atoms with van der Waals surface area (Å²) < 4.78 is 2.27. The van der Waals surface area contributed by atoms with Gasteiger partial charge in [0.1, 0.15) is 0 Å². The fourth-order valence-electron chi connectivity index (χ4n) is 3.34. The van der Waals surface area contributed by atoms with Crippen molar-refractivity contribution in [3.8, 4) is 0 Å². The van der Waals surface area contributed by atoms with Crippen LogP contribution in [-0.2, 0) is 11.3 Å². The molecule has 1 saturated heterocycles. The van der Waals surface area contributed by atoms with E-state index < -0.39 is 11.4 Å². The van der Waals surface area contributed by atoms with Crippen molar-refractivity contribution in [2.24, 2.45) is 5.41 Å². The molecule has 0 aromatic carbocycles. The third-order valence-electron chi connectivity index (χ3n) is 4.86. The van der Waals surface area contributed by atoms with Crippen molar-refractivity contribution in [2.45, 2.75) is 51.6 Å². The Morgan fingerprint density at radius 1 is 1.55 bits per heavy atom. The summed E-state index contributed by atoms with van der Waals surface area (Å²) in [5.41, 5.74) is 0.674. The van der Waals surface area contributed by atoms with Gasteiger partial charge in [0.2, 0.25) is 0 Å². The zero-order chi connectivity index (χ0) is 14.2. The first-order valence-electron chi connectivity index (χ1n) is 7.61. The Labute approximate surface area is 119 Å². The smallest absolute Gasteiger partial charge is 0.310 e. The molecule has 1 aliphatic heterocycles. The highest BCUT2D eigenvalue weighted by molar-refractivity contribution is 5.75. The maximum Gasteiger partial charge on any atom is 0.310 e. The fourth-order valence-corrected chi connectivity index (χ4v) is 3.34. The minimum absolute atomic E-state index is 0.553. The molecular weight excluding hydrogens is 254 g/mol. The molecule has 2 heterocycles. The van der Waals surface area contributed by atoms with Gasteiger partial charge in [-0.15, -0.1) is 0 Å². The van der Waals surface area contributed by atoms with E-state index in [1.54, 1.807) is 0 Å². The van der Waals surface area contributed by atoms with E-state index in [1.165, 1.54) is 18.5 Å². The second-order valence-corrected chi connectivity index (χ2v) is 6.28. The van der Waals surface area contributed by atoms with E-state index in [0.29, 0.717) is 19.0 Å². The van der Waals surface area contributed by atoms with Gasteiger partial charge in [-0.25, -0.2) is 4.98 Å². The van der Waals surface area contributed by atoms with E-state index in [-0.39, 0.29) is 0 Å². The number of carboxylic acids is 1. The lowest BCUT2D eigenvalue weighted by Crippen LogP contribution is -2.47. The number of aliphatic carboxylic acids is 1. The van der Waals surface area contributed by atoms with E-state index in [0.717, 1.165) is 25.9 Å². The monoisotopic (exact) mass is 277 g/mol. The predicted molar refractivity (Wildman–Crippen MR) is 75.4 cm³/mol. The minimum Gasteiger partial charge on any atom is -0.481 e. The minimum atomic E-state index is -0.639. The summed E-state index contributed by atoms with van der Waals surface area (Å²) in [6.07, 6.45) is 8.83. The molecule has 5 heteroatoms. The number of likely N-dealkylation sites (tertiary alicyclic amines) is 1. The van der Waals surface area contributed by atoms with Crippen LogP contribution in [0.4, 0.5) is 0 Å². The largest absolute Gasteiger partial charge is 0.481 e. The normalized spacial score (nSPS) is 27.6. The molecular formula is C15H23N3O2. The zero-order valence-corrected chi connectivity index (χ0v) is 12.1. The van der Waals surface area contributed by atoms with Gasteiger partial charge >= 0.3 is 5.97 Å². The van der Waals surface area contributed by atoms with Crippen LogP contribution >= 0.6 is 0 Å². The topological polar surface area (TPSA) is 58.4 Å². The van der Waals surface area contributed by atoms with Crippen LogP contribution in [0, 0.1) is 5.41 Å². The van der Waals surface area contributed by atoms with Gasteiger partial charge in [0.15, 0.2) is 0 Å². The number of aromatic nitrogens is 2. The summed E-state index contributed by atoms with van der Waals surface area (Å²) in [4.78, 5) is 18.1. The predicted octanol–water partition coefficient (Wildman–Crippen LogP) is 2.29. The highest BCUT2D eigenvalue weighted by atomic mass is 16.4. The standard InChI is InChI=1S/C15H23N3O2/c1-2-15(14(19)20)6-3-7-17(10-15)9-13-8-16-11-18(13)12-4-5-12/h8,11-12H,2-7,9-10H2,1H3,(H,19,20). The molecule has 0 amide bonds. The van der Waals surface area contributed by atoms with Gasteiger partial charge in [-0.05, 0) is 38.6 Å². The highest BCUT2D eigenvalue weighted by Crippen LogP contribution is 2.37. The molecule has 1 aliphatic carbocycles. The first-order valence-corrected chi connectivity index (χ1v) is 7.61. The molecule has 2 aliphatic rings. The molecule has 2 fully saturated rings. The summed E-state index contributed by atoms with van der Waals surface area (Å²) >= 11 is 0. The summed E-state index contributed by atoms with van der Waals surface area (Å²) in [5.74, 6) is -0.639. The van der Waals surface area contributed by atoms with Crippen LogP contribution in [0.3, 0.4) is 0 Å². The number of rotatable bonds is 5. The van der Waals surface area contributed by atoms with Crippen molar-refractivity contribution >= 4 is 5.97 Å². The number of carbonyl (C=O) groups is 1. The second kappa shape index (κ2) is 5.20. The lowest BCUT2D eigenvalue weighted by Gasteiger charge is -2.39. The number of carboxylic acid groups (broad SMARTS) is 1. The van der Waals surface area contributed by atoms with Crippen molar-refractivity contribution in [1.29, 1.82) is 0 Å². The van der Waals surface area contributed by atoms with Crippen LogP contribution in [0.1, 0.15) is 50.8 Å². The number of hydrogen-bond acceptors (Lipinski definition) is 3. The average Bonchev–Trinajstić information content (AvgIpc) is 3.19. The van der Waals surface area contributed by atoms with Crippen molar-refractivity contribution in [2.75, 3.05) is 13.1 Å². The Bertz CT molecular complexity index is 495. The summed E-state index contributed by atoms with van der Waals surface area (Å²) in [6.45, 7) is 4.47. The highest BCUT2D eigenvalue weighted by Gasteiger charge is 2.41. The Kier molecular flexibility index (Phi) is 3.54. The summed E-state index contributed by atoms with van der Waals surface area (Å²) in [7, 11) is 0. The molecule has 1 N–H and O–H groups in total. The third kappa shape index (κ3) is 2.46. The molecule has 1 atom stereocenters. The first kappa shape index (κ1) is 13.6. The maximum atomic E-state index is 11.6. The van der Waals surface area contributed by atoms with Gasteiger partial charge in [0, 0.05) is 25.3 Å². The molecule has 20 heavy (non-hydrogen) atoms. The molecule has 1 aromatic heterocycles. The van der Waals surface area contributed by atoms with Gasteiger partial charge < -0.3 is 9.67 Å². The van der Waals surface area contributed by atoms with Gasteiger partial charge in [0.05, 0.1) is 17.4 Å². The number of nitrogens with zero attached hydrogens (tertiary/aromatic N) is 3. The number of piperidine rings is 1. The quantitative estimate of drug-likeness (QED) is 0.897. The van der Waals surface area contributed by atoms with Crippen molar-refractivity contribution in [3.05, 3.63) is 18.2 Å². The van der Waals surface area contributed by atoms with E-state index in [2.05, 4.69) is 14.5 Å². The van der Waals surface area contributed by atoms with Gasteiger partial charge in [-0.1, -0.05) is 6.92 Å². The zero-order valence-electron chi connectivity index (χ0n) is 12.1. The first-order chi connectivity index (χ1) is 9.64. The average molecular weight is 277 g/mol. The van der Waals surface area contributed by atoms with Gasteiger partial charge in [-0.3, -0.25) is 9.69 Å². The van der Waals surface area contributed by atoms with E-state index in [1.807, 2.05) is 19.4 Å². The number of imidazole rings is 1. The van der Waals surface area contributed by atoms with Crippen LogP contribution in [0.5, 0.6) is 0 Å². The van der Waals surface area contributed by atoms with Gasteiger partial charge in [-0.2, -0.15) is 0 Å². The molecule has 1 unspecified atom stereocenters. The molecule has 1 aromatic rings. The molecule has 0 bridgehead atoms. The Morgan fingerprint density at radius 2 is 2.35 bits per heavy atom. The SMILES string of the molecule is CCC1(C(=O)O)CCCN(Cc2cncn2C2CC2)C1. The van der Waals surface area contributed by atoms with Crippen molar-refractivity contribution < 1.29 is 9.90 Å². The molecule has 0 radical (unpaired) electrons. The van der Waals surface area contributed by atoms with E-state index in [4.69, 9.17) is 0 Å².